The highest BCUT2D eigenvalue weighted by Crippen LogP contribution is 2.33. The van der Waals surface area contributed by atoms with Crippen LogP contribution in [-0.2, 0) is 17.5 Å². The number of benzene rings is 1. The lowest BCUT2D eigenvalue weighted by Gasteiger charge is -2.07. The van der Waals surface area contributed by atoms with Gasteiger partial charge in [-0.3, -0.25) is 4.79 Å². The van der Waals surface area contributed by atoms with Crippen LogP contribution in [0.4, 0.5) is 13.2 Å². The molecule has 152 valence electrons. The van der Waals surface area contributed by atoms with Gasteiger partial charge in [-0.2, -0.15) is 13.2 Å². The Balaban J connectivity index is 1.70. The number of aryl methyl sites for hydroxylation is 1. The number of hydrogen-bond donors (Lipinski definition) is 1. The van der Waals surface area contributed by atoms with Crippen LogP contribution in [-0.4, -0.2) is 24.0 Å². The molecule has 0 atom stereocenters. The molecule has 0 saturated carbocycles. The van der Waals surface area contributed by atoms with E-state index in [1.807, 2.05) is 0 Å². The summed E-state index contributed by atoms with van der Waals surface area (Å²) in [7, 11) is 1.25. The topological polar surface area (TPSA) is 81.4 Å². The van der Waals surface area contributed by atoms with Gasteiger partial charge in [-0.25, -0.2) is 9.78 Å². The maximum Gasteiger partial charge on any atom is 0.416 e. The number of thiazole rings is 1. The Morgan fingerprint density at radius 2 is 2.03 bits per heavy atom. The number of carbonyl (C=O) groups is 2. The number of nitrogens with one attached hydrogen (secondary N) is 1. The van der Waals surface area contributed by atoms with Gasteiger partial charge < -0.3 is 14.5 Å². The summed E-state index contributed by atoms with van der Waals surface area (Å²) in [5, 5.41) is 4.34. The van der Waals surface area contributed by atoms with Crippen LogP contribution >= 0.6 is 11.3 Å². The lowest BCUT2D eigenvalue weighted by atomic mass is 10.1. The molecular weight excluding hydrogens is 409 g/mol. The van der Waals surface area contributed by atoms with Crippen molar-refractivity contribution in [2.45, 2.75) is 19.6 Å². The van der Waals surface area contributed by atoms with E-state index in [9.17, 15) is 22.8 Å². The predicted octanol–water partition coefficient (Wildman–Crippen LogP) is 4.45. The standard InChI is InChI=1S/C19H15F3N2O4S/c1-10-14(18(26)27-2)7-13(28-10)8-23-16(25)15-9-29-17(24-15)11-4-3-5-12(6-11)19(20,21)22/h3-7,9H,8H2,1-2H3,(H,23,25). The largest absolute Gasteiger partial charge is 0.465 e. The second-order valence-electron chi connectivity index (χ2n) is 5.97. The number of halogens is 3. The predicted molar refractivity (Wildman–Crippen MR) is 98.5 cm³/mol. The van der Waals surface area contributed by atoms with Gasteiger partial charge in [0.15, 0.2) is 0 Å². The maximum atomic E-state index is 12.9. The van der Waals surface area contributed by atoms with Crippen LogP contribution in [0.3, 0.4) is 0 Å². The number of esters is 1. The van der Waals surface area contributed by atoms with E-state index in [0.29, 0.717) is 16.5 Å². The molecule has 1 amide bonds. The summed E-state index contributed by atoms with van der Waals surface area (Å²) in [6, 6.07) is 6.21. The van der Waals surface area contributed by atoms with Crippen molar-refractivity contribution < 1.29 is 31.9 Å². The van der Waals surface area contributed by atoms with Crippen molar-refractivity contribution in [3.63, 3.8) is 0 Å². The van der Waals surface area contributed by atoms with Gasteiger partial charge in [0, 0.05) is 10.9 Å². The first kappa shape index (κ1) is 20.6. The van der Waals surface area contributed by atoms with E-state index in [4.69, 9.17) is 4.42 Å². The van der Waals surface area contributed by atoms with Crippen LogP contribution in [0.1, 0.15) is 37.9 Å². The number of rotatable bonds is 5. The third-order valence-electron chi connectivity index (χ3n) is 3.97. The highest BCUT2D eigenvalue weighted by atomic mass is 32.1. The molecule has 1 aromatic carbocycles. The van der Waals surface area contributed by atoms with Crippen LogP contribution in [0.15, 0.2) is 40.1 Å². The van der Waals surface area contributed by atoms with Gasteiger partial charge >= 0.3 is 12.1 Å². The van der Waals surface area contributed by atoms with Gasteiger partial charge in [-0.1, -0.05) is 12.1 Å². The fourth-order valence-electron chi connectivity index (χ4n) is 2.54. The summed E-state index contributed by atoms with van der Waals surface area (Å²) in [5.74, 6) is -0.353. The number of aromatic nitrogens is 1. The Labute approximate surface area is 167 Å². The molecular formula is C19H15F3N2O4S. The molecule has 29 heavy (non-hydrogen) atoms. The molecule has 6 nitrogen and oxygen atoms in total. The zero-order chi connectivity index (χ0) is 21.2. The molecule has 0 fully saturated rings. The molecule has 2 aromatic heterocycles. The molecule has 0 aliphatic rings. The zero-order valence-electron chi connectivity index (χ0n) is 15.3. The lowest BCUT2D eigenvalue weighted by Crippen LogP contribution is -2.22. The van der Waals surface area contributed by atoms with Crippen molar-refractivity contribution in [1.82, 2.24) is 10.3 Å². The van der Waals surface area contributed by atoms with Crippen LogP contribution in [0.2, 0.25) is 0 Å². The number of amides is 1. The number of methoxy groups -OCH3 is 1. The van der Waals surface area contributed by atoms with Gasteiger partial charge in [0.2, 0.25) is 0 Å². The van der Waals surface area contributed by atoms with E-state index in [1.165, 1.54) is 30.7 Å². The maximum absolute atomic E-state index is 12.9. The van der Waals surface area contributed by atoms with Crippen molar-refractivity contribution in [3.05, 3.63) is 64.1 Å². The molecule has 0 aliphatic heterocycles. The summed E-state index contributed by atoms with van der Waals surface area (Å²) in [4.78, 5) is 28.0. The molecule has 0 spiro atoms. The summed E-state index contributed by atoms with van der Waals surface area (Å²) in [5.41, 5.74) is -0.185. The first-order valence-corrected chi connectivity index (χ1v) is 9.16. The van der Waals surface area contributed by atoms with E-state index in [1.54, 1.807) is 6.92 Å². The minimum atomic E-state index is -4.46. The fraction of sp³-hybridized carbons (Fsp3) is 0.211. The molecule has 1 N–H and O–H groups in total. The zero-order valence-corrected chi connectivity index (χ0v) is 16.1. The van der Waals surface area contributed by atoms with Crippen molar-refractivity contribution >= 4 is 23.2 Å². The SMILES string of the molecule is COC(=O)c1cc(CNC(=O)c2csc(-c3cccc(C(F)(F)F)c3)n2)oc1C. The summed E-state index contributed by atoms with van der Waals surface area (Å²) < 4.78 is 48.6. The smallest absolute Gasteiger partial charge is 0.416 e. The molecule has 0 radical (unpaired) electrons. The number of furan rings is 1. The number of carbonyl (C=O) groups excluding carboxylic acids is 2. The normalized spacial score (nSPS) is 11.3. The van der Waals surface area contributed by atoms with Crippen molar-refractivity contribution in [2.24, 2.45) is 0 Å². The highest BCUT2D eigenvalue weighted by molar-refractivity contribution is 7.13. The second-order valence-corrected chi connectivity index (χ2v) is 6.83. The molecule has 0 saturated heterocycles. The Hall–Kier alpha value is -3.14. The highest BCUT2D eigenvalue weighted by Gasteiger charge is 2.30. The van der Waals surface area contributed by atoms with Crippen LogP contribution in [0.5, 0.6) is 0 Å². The van der Waals surface area contributed by atoms with Crippen molar-refractivity contribution in [3.8, 4) is 10.6 Å². The summed E-state index contributed by atoms with van der Waals surface area (Å²) in [6.07, 6.45) is -4.46. The molecule has 2 heterocycles. The molecule has 10 heteroatoms. The quantitative estimate of drug-likeness (QED) is 0.612. The van der Waals surface area contributed by atoms with Crippen molar-refractivity contribution in [1.29, 1.82) is 0 Å². The van der Waals surface area contributed by atoms with Gasteiger partial charge in [-0.05, 0) is 25.1 Å². The molecule has 0 unspecified atom stereocenters. The van der Waals surface area contributed by atoms with E-state index < -0.39 is 23.6 Å². The Bertz CT molecular complexity index is 1060. The fourth-order valence-corrected chi connectivity index (χ4v) is 3.34. The van der Waals surface area contributed by atoms with Crippen LogP contribution in [0.25, 0.3) is 10.6 Å². The van der Waals surface area contributed by atoms with E-state index in [-0.39, 0.29) is 23.4 Å². The molecule has 0 bridgehead atoms. The minimum Gasteiger partial charge on any atom is -0.465 e. The number of ether oxygens (including phenoxy) is 1. The number of hydrogen-bond acceptors (Lipinski definition) is 6. The first-order chi connectivity index (χ1) is 13.7. The third-order valence-corrected chi connectivity index (χ3v) is 4.86. The molecule has 0 aliphatic carbocycles. The number of alkyl halides is 3. The van der Waals surface area contributed by atoms with E-state index >= 15 is 0 Å². The number of nitrogens with zero attached hydrogens (tertiary/aromatic N) is 1. The molecule has 3 rings (SSSR count). The minimum absolute atomic E-state index is 0.00703. The van der Waals surface area contributed by atoms with Crippen LogP contribution < -0.4 is 5.32 Å². The van der Waals surface area contributed by atoms with Gasteiger partial charge in [0.05, 0.1) is 19.2 Å². The van der Waals surface area contributed by atoms with E-state index in [2.05, 4.69) is 15.0 Å². The van der Waals surface area contributed by atoms with Gasteiger partial charge in [-0.15, -0.1) is 11.3 Å². The Morgan fingerprint density at radius 1 is 1.28 bits per heavy atom. The second kappa shape index (κ2) is 8.08. The summed E-state index contributed by atoms with van der Waals surface area (Å²) in [6.45, 7) is 1.60. The van der Waals surface area contributed by atoms with E-state index in [0.717, 1.165) is 23.5 Å². The van der Waals surface area contributed by atoms with Gasteiger partial charge in [0.1, 0.15) is 27.8 Å². The first-order valence-electron chi connectivity index (χ1n) is 8.28. The summed E-state index contributed by atoms with van der Waals surface area (Å²) >= 11 is 1.06. The Kier molecular flexibility index (Phi) is 5.73. The Morgan fingerprint density at radius 3 is 2.72 bits per heavy atom. The molecule has 3 aromatic rings. The lowest BCUT2D eigenvalue weighted by molar-refractivity contribution is -0.137. The third kappa shape index (κ3) is 4.65. The van der Waals surface area contributed by atoms with Gasteiger partial charge in [0.25, 0.3) is 5.91 Å². The monoisotopic (exact) mass is 424 g/mol. The average Bonchev–Trinajstić information content (AvgIpc) is 3.32. The average molecular weight is 424 g/mol. The van der Waals surface area contributed by atoms with Crippen molar-refractivity contribution in [2.75, 3.05) is 7.11 Å². The van der Waals surface area contributed by atoms with Crippen LogP contribution in [0, 0.1) is 6.92 Å².